The van der Waals surface area contributed by atoms with Gasteiger partial charge in [-0.25, -0.2) is 0 Å². The minimum absolute atomic E-state index is 0.0480. The first-order valence-corrected chi connectivity index (χ1v) is 10.5. The van der Waals surface area contributed by atoms with E-state index in [1.807, 2.05) is 54.6 Å². The van der Waals surface area contributed by atoms with Crippen LogP contribution in [0.15, 0.2) is 78.9 Å². The largest absolute Gasteiger partial charge is 0.497 e. The molecule has 144 valence electrons. The average molecular weight is 393 g/mol. The standard InChI is InChI=1S/C24H26O3P/c1-24(2,28(25)22-8-6-5-7-9-22)23(18-10-14-20(26-3)15-11-18)19-12-16-21(27-4)17-13-19/h5-17,23H,1-4H3/q+1. The molecule has 4 heteroatoms. The molecule has 0 saturated heterocycles. The molecule has 0 spiro atoms. The minimum Gasteiger partial charge on any atom is -0.497 e. The van der Waals surface area contributed by atoms with Crippen LogP contribution in [0, 0.1) is 0 Å². The molecular weight excluding hydrogens is 367 g/mol. The highest BCUT2D eigenvalue weighted by Gasteiger charge is 2.49. The summed E-state index contributed by atoms with van der Waals surface area (Å²) < 4.78 is 24.2. The molecule has 0 aliphatic carbocycles. The summed E-state index contributed by atoms with van der Waals surface area (Å²) in [6, 6.07) is 25.8. The van der Waals surface area contributed by atoms with Gasteiger partial charge in [-0.2, -0.15) is 0 Å². The third-order valence-corrected chi connectivity index (χ3v) is 7.19. The fraction of sp³-hybridized carbons (Fsp3) is 0.250. The lowest BCUT2D eigenvalue weighted by Gasteiger charge is -2.27. The summed E-state index contributed by atoms with van der Waals surface area (Å²) in [5, 5.41) is 0.370. The Hall–Kier alpha value is -2.64. The van der Waals surface area contributed by atoms with E-state index in [1.54, 1.807) is 14.2 Å². The smallest absolute Gasteiger partial charge is 0.383 e. The molecule has 0 fully saturated rings. The van der Waals surface area contributed by atoms with E-state index in [2.05, 4.69) is 38.1 Å². The second-order valence-corrected chi connectivity index (χ2v) is 9.52. The molecule has 3 rings (SSSR count). The zero-order valence-corrected chi connectivity index (χ0v) is 17.6. The molecule has 0 amide bonds. The molecule has 0 bridgehead atoms. The molecule has 3 aromatic carbocycles. The summed E-state index contributed by atoms with van der Waals surface area (Å²) in [5.41, 5.74) is 2.21. The molecule has 0 N–H and O–H groups in total. The lowest BCUT2D eigenvalue weighted by atomic mass is 9.82. The Morgan fingerprint density at radius 2 is 1.14 bits per heavy atom. The lowest BCUT2D eigenvalue weighted by Crippen LogP contribution is -2.29. The van der Waals surface area contributed by atoms with Gasteiger partial charge in [0.15, 0.2) is 10.5 Å². The van der Waals surface area contributed by atoms with Gasteiger partial charge in [0.2, 0.25) is 0 Å². The zero-order chi connectivity index (χ0) is 20.1. The predicted octanol–water partition coefficient (Wildman–Crippen LogP) is 5.77. The van der Waals surface area contributed by atoms with Gasteiger partial charge in [0.25, 0.3) is 0 Å². The summed E-state index contributed by atoms with van der Waals surface area (Å²) >= 11 is 0. The number of rotatable bonds is 7. The van der Waals surface area contributed by atoms with Crippen LogP contribution >= 0.6 is 7.80 Å². The lowest BCUT2D eigenvalue weighted by molar-refractivity contribution is 0.414. The summed E-state index contributed by atoms with van der Waals surface area (Å²) in [5.74, 6) is 1.57. The van der Waals surface area contributed by atoms with Crippen molar-refractivity contribution >= 4 is 13.1 Å². The second kappa shape index (κ2) is 8.58. The monoisotopic (exact) mass is 393 g/mol. The Bertz CT molecular complexity index is 869. The SMILES string of the molecule is COc1ccc(C(c2ccc(OC)cc2)C(C)(C)[P+](=O)c2ccccc2)cc1. The van der Waals surface area contributed by atoms with Crippen LogP contribution in [0.2, 0.25) is 0 Å². The van der Waals surface area contributed by atoms with Gasteiger partial charge in [-0.3, -0.25) is 0 Å². The average Bonchev–Trinajstić information content (AvgIpc) is 2.75. The van der Waals surface area contributed by atoms with Crippen LogP contribution in [0.25, 0.3) is 0 Å². The van der Waals surface area contributed by atoms with Crippen molar-refractivity contribution in [2.45, 2.75) is 24.9 Å². The Morgan fingerprint density at radius 1 is 0.714 bits per heavy atom. The molecule has 0 aliphatic rings. The quantitative estimate of drug-likeness (QED) is 0.478. The van der Waals surface area contributed by atoms with Gasteiger partial charge in [-0.05, 0) is 61.4 Å². The van der Waals surface area contributed by atoms with Gasteiger partial charge in [0.05, 0.1) is 20.1 Å². The van der Waals surface area contributed by atoms with Crippen LogP contribution in [0.1, 0.15) is 30.9 Å². The Morgan fingerprint density at radius 3 is 1.54 bits per heavy atom. The van der Waals surface area contributed by atoms with Crippen molar-refractivity contribution in [1.82, 2.24) is 0 Å². The van der Waals surface area contributed by atoms with Crippen LogP contribution in [-0.2, 0) is 4.57 Å². The topological polar surface area (TPSA) is 35.5 Å². The van der Waals surface area contributed by atoms with Gasteiger partial charge in [0.1, 0.15) is 11.5 Å². The number of hydrogen-bond acceptors (Lipinski definition) is 3. The van der Waals surface area contributed by atoms with Gasteiger partial charge in [0, 0.05) is 0 Å². The molecule has 0 heterocycles. The molecular formula is C24H26O3P+. The van der Waals surface area contributed by atoms with Crippen molar-refractivity contribution in [2.24, 2.45) is 0 Å². The van der Waals surface area contributed by atoms with E-state index in [0.717, 1.165) is 27.9 Å². The molecule has 3 aromatic rings. The zero-order valence-electron chi connectivity index (χ0n) is 16.8. The van der Waals surface area contributed by atoms with Gasteiger partial charge in [-0.15, -0.1) is 0 Å². The first-order chi connectivity index (χ1) is 13.5. The van der Waals surface area contributed by atoms with Crippen LogP contribution < -0.4 is 14.8 Å². The van der Waals surface area contributed by atoms with E-state index < -0.39 is 13.0 Å². The third kappa shape index (κ3) is 4.10. The molecule has 3 nitrogen and oxygen atoms in total. The summed E-state index contributed by atoms with van der Waals surface area (Å²) in [4.78, 5) is 0. The maximum Gasteiger partial charge on any atom is 0.383 e. The highest BCUT2D eigenvalue weighted by Crippen LogP contribution is 2.50. The van der Waals surface area contributed by atoms with Crippen LogP contribution in [0.5, 0.6) is 11.5 Å². The van der Waals surface area contributed by atoms with Crippen molar-refractivity contribution in [3.05, 3.63) is 90.0 Å². The molecule has 1 unspecified atom stereocenters. The normalized spacial score (nSPS) is 12.0. The van der Waals surface area contributed by atoms with Crippen molar-refractivity contribution in [2.75, 3.05) is 14.2 Å². The minimum atomic E-state index is -1.64. The van der Waals surface area contributed by atoms with E-state index in [-0.39, 0.29) is 5.92 Å². The van der Waals surface area contributed by atoms with Crippen LogP contribution in [0.4, 0.5) is 0 Å². The number of hydrogen-bond donors (Lipinski definition) is 0. The van der Waals surface area contributed by atoms with E-state index in [9.17, 15) is 4.57 Å². The van der Waals surface area contributed by atoms with Crippen LogP contribution in [-0.4, -0.2) is 19.4 Å². The first-order valence-electron chi connectivity index (χ1n) is 9.27. The van der Waals surface area contributed by atoms with E-state index >= 15 is 0 Å². The fourth-order valence-corrected chi connectivity index (χ4v) is 5.26. The van der Waals surface area contributed by atoms with Gasteiger partial charge < -0.3 is 9.47 Å². The maximum atomic E-state index is 13.6. The fourth-order valence-electron chi connectivity index (χ4n) is 3.61. The molecule has 0 aromatic heterocycles. The summed E-state index contributed by atoms with van der Waals surface area (Å²) in [6.07, 6.45) is 0. The van der Waals surface area contributed by atoms with Gasteiger partial charge >= 0.3 is 7.80 Å². The number of methoxy groups -OCH3 is 2. The van der Waals surface area contributed by atoms with Crippen molar-refractivity contribution in [3.8, 4) is 11.5 Å². The summed E-state index contributed by atoms with van der Waals surface area (Å²) in [6.45, 7) is 4.16. The molecule has 1 atom stereocenters. The van der Waals surface area contributed by atoms with Crippen molar-refractivity contribution < 1.29 is 14.0 Å². The molecule has 0 saturated carbocycles. The van der Waals surface area contributed by atoms with Crippen LogP contribution in [0.3, 0.4) is 0 Å². The van der Waals surface area contributed by atoms with E-state index in [0.29, 0.717) is 0 Å². The van der Waals surface area contributed by atoms with Crippen molar-refractivity contribution in [1.29, 1.82) is 0 Å². The highest BCUT2D eigenvalue weighted by atomic mass is 31.1. The van der Waals surface area contributed by atoms with Crippen molar-refractivity contribution in [3.63, 3.8) is 0 Å². The predicted molar refractivity (Wildman–Crippen MR) is 116 cm³/mol. The Balaban J connectivity index is 2.09. The number of benzene rings is 3. The molecule has 28 heavy (non-hydrogen) atoms. The Labute approximate surface area is 168 Å². The van der Waals surface area contributed by atoms with E-state index in [4.69, 9.17) is 9.47 Å². The number of ether oxygens (including phenoxy) is 2. The second-order valence-electron chi connectivity index (χ2n) is 7.26. The Kier molecular flexibility index (Phi) is 6.16. The molecule has 0 aliphatic heterocycles. The first kappa shape index (κ1) is 20.1. The highest BCUT2D eigenvalue weighted by molar-refractivity contribution is 7.55. The summed E-state index contributed by atoms with van der Waals surface area (Å²) in [7, 11) is 1.68. The molecule has 0 radical (unpaired) electrons. The van der Waals surface area contributed by atoms with E-state index in [1.165, 1.54) is 0 Å². The maximum absolute atomic E-state index is 13.6. The van der Waals surface area contributed by atoms with Gasteiger partial charge in [-0.1, -0.05) is 47.0 Å². The third-order valence-electron chi connectivity index (χ3n) is 5.12.